The Hall–Kier alpha value is -2.43. The molecule has 0 radical (unpaired) electrons. The van der Waals surface area contributed by atoms with Gasteiger partial charge < -0.3 is 15.2 Å². The van der Waals surface area contributed by atoms with Crippen LogP contribution in [0.25, 0.3) is 0 Å². The number of benzene rings is 1. The Balaban J connectivity index is 1.71. The number of hydrogen-bond donors (Lipinski definition) is 2. The first-order valence-electron chi connectivity index (χ1n) is 11.6. The first-order valence-corrected chi connectivity index (χ1v) is 11.6. The second-order valence-corrected chi connectivity index (χ2v) is 10.1. The van der Waals surface area contributed by atoms with Gasteiger partial charge in [-0.1, -0.05) is 19.9 Å². The minimum absolute atomic E-state index is 0.109. The lowest BCUT2D eigenvalue weighted by atomic mass is 9.59. The molecule has 1 spiro atoms. The Bertz CT molecular complexity index is 924. The van der Waals surface area contributed by atoms with E-state index in [2.05, 4.69) is 19.9 Å². The van der Waals surface area contributed by atoms with E-state index < -0.39 is 5.92 Å². The van der Waals surface area contributed by atoms with Crippen LogP contribution in [-0.2, 0) is 20.7 Å². The Morgan fingerprint density at radius 1 is 1.34 bits per heavy atom. The molecule has 32 heavy (non-hydrogen) atoms. The third-order valence-corrected chi connectivity index (χ3v) is 7.86. The summed E-state index contributed by atoms with van der Waals surface area (Å²) in [6.07, 6.45) is 3.47. The minimum atomic E-state index is -0.407. The maximum atomic E-state index is 14.1. The van der Waals surface area contributed by atoms with Crippen LogP contribution in [0.4, 0.5) is 0 Å². The molecule has 3 N–H and O–H groups in total. The number of nitrogens with zero attached hydrogens (tertiary/aromatic N) is 2. The lowest BCUT2D eigenvalue weighted by molar-refractivity contribution is -0.136. The van der Waals surface area contributed by atoms with Crippen LogP contribution >= 0.6 is 0 Å². The van der Waals surface area contributed by atoms with E-state index in [1.54, 1.807) is 7.11 Å². The first-order chi connectivity index (χ1) is 15.3. The van der Waals surface area contributed by atoms with Gasteiger partial charge >= 0.3 is 0 Å². The van der Waals surface area contributed by atoms with Crippen LogP contribution in [-0.4, -0.2) is 49.7 Å². The molecule has 1 saturated heterocycles. The Labute approximate surface area is 190 Å². The molecule has 1 aromatic rings. The van der Waals surface area contributed by atoms with Crippen LogP contribution in [0.2, 0.25) is 0 Å². The molecule has 2 aliphatic carbocycles. The molecular weight excluding hydrogens is 404 g/mol. The summed E-state index contributed by atoms with van der Waals surface area (Å²) in [5.74, 6) is 0.305. The van der Waals surface area contributed by atoms with Gasteiger partial charge in [-0.05, 0) is 66.2 Å². The van der Waals surface area contributed by atoms with Gasteiger partial charge in [0, 0.05) is 19.6 Å². The molecule has 2 fully saturated rings. The van der Waals surface area contributed by atoms with Gasteiger partial charge in [0.25, 0.3) is 0 Å². The molecule has 3 unspecified atom stereocenters. The van der Waals surface area contributed by atoms with E-state index in [0.29, 0.717) is 43.1 Å². The highest BCUT2D eigenvalue weighted by atomic mass is 16.5. The van der Waals surface area contributed by atoms with E-state index >= 15 is 0 Å². The average molecular weight is 439 g/mol. The number of guanidine groups is 1. The summed E-state index contributed by atoms with van der Waals surface area (Å²) < 4.78 is 11.1. The zero-order valence-electron chi connectivity index (χ0n) is 19.3. The summed E-state index contributed by atoms with van der Waals surface area (Å²) in [7, 11) is 1.77. The Morgan fingerprint density at radius 2 is 2.03 bits per heavy atom. The van der Waals surface area contributed by atoms with E-state index in [9.17, 15) is 10.1 Å². The highest BCUT2D eigenvalue weighted by Gasteiger charge is 2.55. The molecule has 7 nitrogen and oxygen atoms in total. The monoisotopic (exact) mass is 438 g/mol. The lowest BCUT2D eigenvalue weighted by Gasteiger charge is -2.48. The maximum absolute atomic E-state index is 14.1. The highest BCUT2D eigenvalue weighted by Crippen LogP contribution is 2.58. The molecule has 172 valence electrons. The van der Waals surface area contributed by atoms with Gasteiger partial charge in [0.05, 0.1) is 36.9 Å². The second-order valence-electron chi connectivity index (χ2n) is 10.1. The first kappa shape index (κ1) is 22.8. The van der Waals surface area contributed by atoms with Crippen LogP contribution < -0.4 is 5.73 Å². The predicted octanol–water partition coefficient (Wildman–Crippen LogP) is 3.02. The van der Waals surface area contributed by atoms with Gasteiger partial charge in [-0.2, -0.15) is 5.26 Å². The third-order valence-electron chi connectivity index (χ3n) is 7.86. The van der Waals surface area contributed by atoms with Crippen LogP contribution in [0.15, 0.2) is 18.2 Å². The Morgan fingerprint density at radius 3 is 2.56 bits per heavy atom. The predicted molar refractivity (Wildman–Crippen MR) is 121 cm³/mol. The van der Waals surface area contributed by atoms with Gasteiger partial charge in [-0.3, -0.25) is 15.1 Å². The van der Waals surface area contributed by atoms with Gasteiger partial charge in [-0.25, -0.2) is 0 Å². The smallest absolute Gasteiger partial charge is 0.237 e. The summed E-state index contributed by atoms with van der Waals surface area (Å²) in [6.45, 7) is 6.24. The minimum Gasteiger partial charge on any atom is -0.381 e. The SMILES string of the molecule is COC1C(C)CC2(Cc3ccc(C#N)cc3C2C(=O)N(CCC2COC2)C(=N)N)CC1C. The van der Waals surface area contributed by atoms with E-state index in [-0.39, 0.29) is 23.4 Å². The van der Waals surface area contributed by atoms with Gasteiger partial charge in [0.2, 0.25) is 5.91 Å². The molecule has 4 rings (SSSR count). The summed E-state index contributed by atoms with van der Waals surface area (Å²) in [5.41, 5.74) is 8.30. The average Bonchev–Trinajstić information content (AvgIpc) is 3.00. The number of methoxy groups -OCH3 is 1. The third kappa shape index (κ3) is 3.91. The summed E-state index contributed by atoms with van der Waals surface area (Å²) in [6, 6.07) is 7.94. The quantitative estimate of drug-likeness (QED) is 0.542. The van der Waals surface area contributed by atoms with Crippen molar-refractivity contribution in [2.45, 2.75) is 51.6 Å². The van der Waals surface area contributed by atoms with Gasteiger partial charge in [0.1, 0.15) is 0 Å². The Kier molecular flexibility index (Phi) is 6.28. The fourth-order valence-corrected chi connectivity index (χ4v) is 6.57. The van der Waals surface area contributed by atoms with Crippen molar-refractivity contribution < 1.29 is 14.3 Å². The van der Waals surface area contributed by atoms with Crippen molar-refractivity contribution in [3.8, 4) is 6.07 Å². The van der Waals surface area contributed by atoms with Crippen LogP contribution in [0.5, 0.6) is 0 Å². The summed E-state index contributed by atoms with van der Waals surface area (Å²) >= 11 is 0. The van der Waals surface area contributed by atoms with Crippen molar-refractivity contribution in [2.24, 2.45) is 28.9 Å². The van der Waals surface area contributed by atoms with Crippen molar-refractivity contribution in [1.29, 1.82) is 10.7 Å². The number of carbonyl (C=O) groups excluding carboxylic acids is 1. The molecule has 0 bridgehead atoms. The van der Waals surface area contributed by atoms with Crippen LogP contribution in [0.3, 0.4) is 0 Å². The number of rotatable bonds is 5. The second kappa shape index (κ2) is 8.84. The number of carbonyl (C=O) groups is 1. The molecule has 7 heteroatoms. The molecule has 1 aromatic carbocycles. The molecule has 3 atom stereocenters. The molecular formula is C25H34N4O3. The summed E-state index contributed by atoms with van der Waals surface area (Å²) in [4.78, 5) is 15.5. The van der Waals surface area contributed by atoms with E-state index in [4.69, 9.17) is 20.6 Å². The number of hydrogen-bond acceptors (Lipinski definition) is 5. The number of fused-ring (bicyclic) bond motifs is 1. The van der Waals surface area contributed by atoms with E-state index in [1.807, 2.05) is 18.2 Å². The highest BCUT2D eigenvalue weighted by molar-refractivity contribution is 5.99. The number of amides is 1. The molecule has 1 heterocycles. The zero-order valence-corrected chi connectivity index (χ0v) is 19.3. The lowest BCUT2D eigenvalue weighted by Crippen LogP contribution is -2.51. The van der Waals surface area contributed by atoms with Gasteiger partial charge in [-0.15, -0.1) is 0 Å². The molecule has 3 aliphatic rings. The van der Waals surface area contributed by atoms with Crippen LogP contribution in [0.1, 0.15) is 55.7 Å². The maximum Gasteiger partial charge on any atom is 0.237 e. The largest absolute Gasteiger partial charge is 0.381 e. The molecule has 0 aromatic heterocycles. The van der Waals surface area contributed by atoms with E-state index in [0.717, 1.165) is 36.8 Å². The molecule has 1 saturated carbocycles. The molecule has 1 aliphatic heterocycles. The van der Waals surface area contributed by atoms with Crippen LogP contribution in [0, 0.1) is 39.9 Å². The zero-order chi connectivity index (χ0) is 23.0. The fraction of sp³-hybridized carbons (Fsp3) is 0.640. The number of ether oxygens (including phenoxy) is 2. The van der Waals surface area contributed by atoms with Crippen molar-refractivity contribution in [2.75, 3.05) is 26.9 Å². The van der Waals surface area contributed by atoms with Crippen molar-refractivity contribution in [3.63, 3.8) is 0 Å². The number of nitrogens with two attached hydrogens (primary N) is 1. The van der Waals surface area contributed by atoms with Crippen molar-refractivity contribution >= 4 is 11.9 Å². The van der Waals surface area contributed by atoms with Crippen molar-refractivity contribution in [1.82, 2.24) is 4.90 Å². The summed E-state index contributed by atoms with van der Waals surface area (Å²) in [5, 5.41) is 17.6. The fourth-order valence-electron chi connectivity index (χ4n) is 6.57. The standard InChI is InChI=1S/C25H34N4O3/c1-15-9-25(10-16(2)22(15)31-3)11-19-5-4-17(12-26)8-20(19)21(25)23(30)29(24(27)28)7-6-18-13-32-14-18/h4-5,8,15-16,18,21-22H,6-7,9-11,13-14H2,1-3H3,(H3,27,28). The topological polar surface area (TPSA) is 112 Å². The normalized spacial score (nSPS) is 31.6. The van der Waals surface area contributed by atoms with E-state index in [1.165, 1.54) is 4.90 Å². The van der Waals surface area contributed by atoms with Gasteiger partial charge in [0.15, 0.2) is 5.96 Å². The number of nitriles is 1. The van der Waals surface area contributed by atoms with Crippen molar-refractivity contribution in [3.05, 3.63) is 34.9 Å². The molecule has 1 amide bonds. The number of nitrogens with one attached hydrogen (secondary N) is 1.